The van der Waals surface area contributed by atoms with Gasteiger partial charge in [-0.15, -0.1) is 0 Å². The number of aliphatic hydroxyl groups is 6. The van der Waals surface area contributed by atoms with E-state index in [0.717, 1.165) is 16.7 Å². The zero-order chi connectivity index (χ0) is 51.7. The van der Waals surface area contributed by atoms with Crippen LogP contribution in [0, 0.1) is 12.5 Å². The Morgan fingerprint density at radius 3 is 2.14 bits per heavy atom. The van der Waals surface area contributed by atoms with Gasteiger partial charge in [0.2, 0.25) is 42.0 Å². The first kappa shape index (κ1) is 55.7. The lowest BCUT2D eigenvalue weighted by atomic mass is 9.99. The molecule has 3 heterocycles. The average Bonchev–Trinajstić information content (AvgIpc) is 3.79. The minimum absolute atomic E-state index is 0.0193. The van der Waals surface area contributed by atoms with Crippen LogP contribution in [0.25, 0.3) is 4.85 Å². The monoisotopic (exact) mass is 977 g/mol. The van der Waals surface area contributed by atoms with Crippen LogP contribution in [-0.4, -0.2) is 224 Å². The van der Waals surface area contributed by atoms with E-state index in [2.05, 4.69) is 31.4 Å². The van der Waals surface area contributed by atoms with Gasteiger partial charge in [-0.3, -0.25) is 28.8 Å². The first-order valence-electron chi connectivity index (χ1n) is 22.5. The highest BCUT2D eigenvalue weighted by molar-refractivity contribution is 5.98. The Labute approximate surface area is 399 Å². The van der Waals surface area contributed by atoms with Crippen molar-refractivity contribution in [3.8, 4) is 11.5 Å². The summed E-state index contributed by atoms with van der Waals surface area (Å²) in [6, 6.07) is -7.00. The lowest BCUT2D eigenvalue weighted by molar-refractivity contribution is -0.147. The van der Waals surface area contributed by atoms with Crippen molar-refractivity contribution in [1.29, 1.82) is 0 Å². The molecule has 13 atom stereocenters. The molecule has 3 fully saturated rings. The van der Waals surface area contributed by atoms with Gasteiger partial charge in [0, 0.05) is 51.4 Å². The molecule has 1 aromatic carbocycles. The topological polar surface area (TPSA) is 354 Å². The zero-order valence-corrected chi connectivity index (χ0v) is 39.7. The molecule has 4 rings (SSSR count). The van der Waals surface area contributed by atoms with Crippen molar-refractivity contribution in [3.63, 3.8) is 0 Å². The number of β-amino-alcohol motifs (C(OH)–C–C–N with tert-alkyl or cyclic N) is 1. The van der Waals surface area contributed by atoms with Gasteiger partial charge in [0.1, 0.15) is 48.5 Å². The molecule has 12 N–H and O–H groups in total. The molecule has 7 amide bonds. The molecular formula is C44H67N9O16. The van der Waals surface area contributed by atoms with E-state index in [1.165, 1.54) is 45.9 Å². The first-order valence-corrected chi connectivity index (χ1v) is 22.5. The maximum absolute atomic E-state index is 14.5. The lowest BCUT2D eigenvalue weighted by Crippen LogP contribution is -2.64. The molecule has 0 saturated carbocycles. The fourth-order valence-corrected chi connectivity index (χ4v) is 8.07. The van der Waals surface area contributed by atoms with Crippen molar-refractivity contribution in [2.75, 3.05) is 53.4 Å². The van der Waals surface area contributed by atoms with Gasteiger partial charge in [-0.2, -0.15) is 0 Å². The molecule has 1 aromatic rings. The molecular weight excluding hydrogens is 911 g/mol. The number of benzene rings is 1. The Morgan fingerprint density at radius 2 is 1.52 bits per heavy atom. The van der Waals surface area contributed by atoms with Crippen LogP contribution in [0.3, 0.4) is 0 Å². The Balaban J connectivity index is 1.83. The molecule has 25 heteroatoms. The minimum Gasteiger partial charge on any atom is -0.504 e. The number of hydrogen-bond acceptors (Lipinski definition) is 17. The molecule has 0 aliphatic carbocycles. The summed E-state index contributed by atoms with van der Waals surface area (Å²) in [6.07, 6.45) is -12.8. The number of ether oxygens (including phenoxy) is 2. The second-order valence-corrected chi connectivity index (χ2v) is 19.0. The number of phenolic OH excluding ortho intramolecular Hbond substituents is 1. The number of nitrogens with zero attached hydrogens (tertiary/aromatic N) is 4. The normalized spacial score (nSPS) is 29.2. The Hall–Kier alpha value is -5.88. The summed E-state index contributed by atoms with van der Waals surface area (Å²) in [5, 5.41) is 89.3. The number of phenols is 1. The molecule has 0 radical (unpaired) electrons. The largest absolute Gasteiger partial charge is 0.504 e. The molecule has 3 aliphatic heterocycles. The summed E-state index contributed by atoms with van der Waals surface area (Å²) >= 11 is 0. The molecule has 0 aromatic heterocycles. The number of amides is 7. The van der Waals surface area contributed by atoms with Crippen LogP contribution >= 0.6 is 0 Å². The van der Waals surface area contributed by atoms with E-state index in [1.54, 1.807) is 14.1 Å². The maximum atomic E-state index is 14.5. The third-order valence-corrected chi connectivity index (χ3v) is 11.7. The number of fused-ring (bicyclic) bond motifs is 2. The molecule has 384 valence electrons. The fraction of sp³-hybridized carbons (Fsp3) is 0.682. The van der Waals surface area contributed by atoms with Crippen LogP contribution in [0.1, 0.15) is 53.0 Å². The van der Waals surface area contributed by atoms with Gasteiger partial charge < -0.3 is 91.3 Å². The lowest BCUT2D eigenvalue weighted by Gasteiger charge is -2.33. The summed E-state index contributed by atoms with van der Waals surface area (Å²) in [5.74, 6) is -7.92. The summed E-state index contributed by atoms with van der Waals surface area (Å²) in [7, 11) is 3.61. The molecule has 0 bridgehead atoms. The molecule has 0 spiro atoms. The van der Waals surface area contributed by atoms with E-state index in [0.29, 0.717) is 6.54 Å². The molecule has 25 nitrogen and oxygen atoms in total. The van der Waals surface area contributed by atoms with Gasteiger partial charge in [-0.05, 0) is 59.5 Å². The third kappa shape index (κ3) is 15.1. The first-order chi connectivity index (χ1) is 32.2. The molecule has 3 aliphatic rings. The highest BCUT2D eigenvalue weighted by Crippen LogP contribution is 2.29. The summed E-state index contributed by atoms with van der Waals surface area (Å²) in [6.45, 7) is 13.0. The van der Waals surface area contributed by atoms with Crippen LogP contribution in [0.5, 0.6) is 11.5 Å². The SMILES string of the molecule is [C-]#[N+]C[C@@H](O)[C@@H]1NC(=O)[C@H]([C@H](O)Cc2ccc(O)c(OCCN(C)C)c2)NC(=O)[C@@H]2C[C@@H](O)CN2C(=O)[C@H]([C@@H](C)O)NC(=O)[C@@H](NC(=O)OC(C)(C)C)C[C@@H](O)CNC(=O)[C@@H]2[C@@H](O)[C@@H](C)CN2C1=O. The number of likely N-dealkylation sites (N-methyl/N-ethyl adjacent to an activating group) is 1. The summed E-state index contributed by atoms with van der Waals surface area (Å²) in [5.41, 5.74) is -0.797. The van der Waals surface area contributed by atoms with Gasteiger partial charge in [-0.25, -0.2) is 11.4 Å². The Morgan fingerprint density at radius 1 is 0.884 bits per heavy atom. The maximum Gasteiger partial charge on any atom is 0.408 e. The Kier molecular flexibility index (Phi) is 19.5. The van der Waals surface area contributed by atoms with Crippen LogP contribution in [-0.2, 0) is 39.9 Å². The van der Waals surface area contributed by atoms with Crippen molar-refractivity contribution >= 4 is 41.5 Å². The van der Waals surface area contributed by atoms with E-state index >= 15 is 0 Å². The van der Waals surface area contributed by atoms with E-state index in [-0.39, 0.29) is 30.2 Å². The highest BCUT2D eigenvalue weighted by Gasteiger charge is 2.50. The zero-order valence-electron chi connectivity index (χ0n) is 39.7. The predicted molar refractivity (Wildman–Crippen MR) is 240 cm³/mol. The Bertz CT molecular complexity index is 2060. The van der Waals surface area contributed by atoms with Crippen LogP contribution < -0.4 is 31.3 Å². The number of carbonyl (C=O) groups is 7. The van der Waals surface area contributed by atoms with Gasteiger partial charge in [0.25, 0.3) is 0 Å². The van der Waals surface area contributed by atoms with E-state index < -0.39 is 165 Å². The number of rotatable bonds is 11. The minimum atomic E-state index is -2.06. The van der Waals surface area contributed by atoms with Crippen LogP contribution in [0.4, 0.5) is 4.79 Å². The van der Waals surface area contributed by atoms with Crippen molar-refractivity contribution in [2.45, 2.75) is 132 Å². The quantitative estimate of drug-likeness (QED) is 0.0927. The second kappa shape index (κ2) is 24.1. The van der Waals surface area contributed by atoms with Crippen molar-refractivity contribution in [2.24, 2.45) is 5.92 Å². The highest BCUT2D eigenvalue weighted by atomic mass is 16.6. The number of alkyl carbamates (subject to hydrolysis) is 1. The van der Waals surface area contributed by atoms with Gasteiger partial charge in [-0.1, -0.05) is 13.0 Å². The van der Waals surface area contributed by atoms with Crippen LogP contribution in [0.15, 0.2) is 18.2 Å². The summed E-state index contributed by atoms with van der Waals surface area (Å²) < 4.78 is 11.0. The molecule has 3 saturated heterocycles. The average molecular weight is 978 g/mol. The van der Waals surface area contributed by atoms with Crippen LogP contribution in [0.2, 0.25) is 0 Å². The molecule has 0 unspecified atom stereocenters. The van der Waals surface area contributed by atoms with Crippen molar-refractivity contribution in [3.05, 3.63) is 35.2 Å². The fourth-order valence-electron chi connectivity index (χ4n) is 8.07. The van der Waals surface area contributed by atoms with Crippen molar-refractivity contribution in [1.82, 2.24) is 41.3 Å². The van der Waals surface area contributed by atoms with Gasteiger partial charge >= 0.3 is 6.09 Å². The van der Waals surface area contributed by atoms with Gasteiger partial charge in [0.05, 0.1) is 30.5 Å². The number of aliphatic hydroxyl groups excluding tert-OH is 6. The van der Waals surface area contributed by atoms with Gasteiger partial charge in [0.15, 0.2) is 17.6 Å². The third-order valence-electron chi connectivity index (χ3n) is 11.7. The van der Waals surface area contributed by atoms with E-state index in [4.69, 9.17) is 16.0 Å². The van der Waals surface area contributed by atoms with E-state index in [1.807, 2.05) is 4.90 Å². The smallest absolute Gasteiger partial charge is 0.408 e. The van der Waals surface area contributed by atoms with Crippen molar-refractivity contribution < 1.29 is 78.8 Å². The molecule has 69 heavy (non-hydrogen) atoms. The number of nitrogens with one attached hydrogen (secondary N) is 5. The number of hydrogen-bond donors (Lipinski definition) is 12. The standard InChI is InChI=1S/C44H67N9O16/c1-21-19-53-35(36(21)60)40(64)46-17-24(55)15-26(47-43(67)69-44(3,4)5)37(61)48-32(22(2)54)41(65)52-20-25(56)16-27(52)38(62)49-33(39(63)50-34(42(53)66)30(59)18-45-6)29(58)13-23-9-10-28(57)31(14-23)68-12-11-51(7)8/h9-10,14,21-22,24-27,29-30,32-36,54-60H,11-13,15-20H2,1-5,7-8H3,(H,46,64)(H,47,67)(H,48,61)(H,49,62)(H,50,63)/t21-,22+,24+,25+,26-,27-,29+,30+,32-,33-,34-,35-,36-/m0/s1. The predicted octanol–water partition coefficient (Wildman–Crippen LogP) is -4.70. The number of carbonyl (C=O) groups excluding carboxylic acids is 7. The summed E-state index contributed by atoms with van der Waals surface area (Å²) in [4.78, 5) is 105. The van der Waals surface area contributed by atoms with E-state index in [9.17, 15) is 69.3 Å². The second-order valence-electron chi connectivity index (χ2n) is 19.0. The number of aromatic hydroxyl groups is 1.